The quantitative estimate of drug-likeness (QED) is 0.807. The van der Waals surface area contributed by atoms with Gasteiger partial charge in [0.15, 0.2) is 0 Å². The van der Waals surface area contributed by atoms with Gasteiger partial charge in [0.1, 0.15) is 18.9 Å². The number of amides is 1. The molecule has 0 unspecified atom stereocenters. The summed E-state index contributed by atoms with van der Waals surface area (Å²) in [6.45, 7) is 8.60. The fourth-order valence-corrected chi connectivity index (χ4v) is 3.46. The monoisotopic (exact) mass is 362 g/mol. The molecule has 1 fully saturated rings. The average molecular weight is 362 g/mol. The molecule has 1 atom stereocenters. The molecule has 0 spiro atoms. The van der Waals surface area contributed by atoms with Gasteiger partial charge in [-0.25, -0.2) is 0 Å². The van der Waals surface area contributed by atoms with Crippen molar-refractivity contribution in [1.82, 2.24) is 9.80 Å². The fraction of sp³-hybridized carbons (Fsp3) is 0.600. The maximum absolute atomic E-state index is 11.8. The molecule has 1 aliphatic rings. The van der Waals surface area contributed by atoms with Crippen molar-refractivity contribution in [2.45, 2.75) is 46.1 Å². The van der Waals surface area contributed by atoms with Gasteiger partial charge in [-0.1, -0.05) is 12.1 Å². The first-order valence-electron chi connectivity index (χ1n) is 9.28. The number of ether oxygens (including phenoxy) is 1. The van der Waals surface area contributed by atoms with Crippen molar-refractivity contribution in [2.24, 2.45) is 0 Å². The largest absolute Gasteiger partial charge is 0.492 e. The summed E-state index contributed by atoms with van der Waals surface area (Å²) in [6, 6.07) is 6.22. The van der Waals surface area contributed by atoms with E-state index in [1.54, 1.807) is 0 Å². The Morgan fingerprint density at radius 3 is 2.73 bits per heavy atom. The second-order valence-electron chi connectivity index (χ2n) is 7.08. The van der Waals surface area contributed by atoms with Crippen molar-refractivity contribution in [1.29, 1.82) is 0 Å². The van der Waals surface area contributed by atoms with Gasteiger partial charge < -0.3 is 14.7 Å². The second kappa shape index (κ2) is 9.57. The van der Waals surface area contributed by atoms with Crippen molar-refractivity contribution < 1.29 is 19.4 Å². The maximum Gasteiger partial charge on any atom is 0.323 e. The molecule has 144 valence electrons. The third-order valence-corrected chi connectivity index (χ3v) is 4.95. The van der Waals surface area contributed by atoms with Crippen molar-refractivity contribution in [3.63, 3.8) is 0 Å². The normalized spacial score (nSPS) is 18.2. The predicted octanol–water partition coefficient (Wildman–Crippen LogP) is 2.47. The highest BCUT2D eigenvalue weighted by Gasteiger charge is 2.26. The fourth-order valence-electron chi connectivity index (χ4n) is 3.46. The van der Waals surface area contributed by atoms with Gasteiger partial charge in [-0.15, -0.1) is 0 Å². The van der Waals surface area contributed by atoms with E-state index < -0.39 is 5.97 Å². The lowest BCUT2D eigenvalue weighted by molar-refractivity contribution is -0.145. The number of aliphatic carboxylic acids is 1. The number of hydrogen-bond acceptors (Lipinski definition) is 4. The van der Waals surface area contributed by atoms with Gasteiger partial charge >= 0.3 is 5.97 Å². The van der Waals surface area contributed by atoms with Crippen molar-refractivity contribution in [2.75, 3.05) is 32.8 Å². The van der Waals surface area contributed by atoms with Gasteiger partial charge in [0.2, 0.25) is 5.91 Å². The third kappa shape index (κ3) is 6.02. The highest BCUT2D eigenvalue weighted by molar-refractivity contribution is 5.79. The van der Waals surface area contributed by atoms with E-state index in [4.69, 9.17) is 9.84 Å². The number of likely N-dealkylation sites (tertiary alicyclic amines) is 1. The molecule has 0 saturated carbocycles. The molecule has 1 saturated heterocycles. The summed E-state index contributed by atoms with van der Waals surface area (Å²) in [6.07, 6.45) is 2.61. The lowest BCUT2D eigenvalue weighted by atomic mass is 10.1. The molecule has 2 rings (SSSR count). The van der Waals surface area contributed by atoms with E-state index in [1.165, 1.54) is 17.4 Å². The topological polar surface area (TPSA) is 70.1 Å². The molecule has 26 heavy (non-hydrogen) atoms. The number of carbonyl (C=O) groups excluding carboxylic acids is 1. The summed E-state index contributed by atoms with van der Waals surface area (Å²) in [5.74, 6) is -0.186. The van der Waals surface area contributed by atoms with Crippen LogP contribution in [0.3, 0.4) is 0 Å². The van der Waals surface area contributed by atoms with Crippen LogP contribution in [0.4, 0.5) is 0 Å². The molecular weight excluding hydrogens is 332 g/mol. The molecule has 0 aliphatic carbocycles. The Bertz CT molecular complexity index is 632. The third-order valence-electron chi connectivity index (χ3n) is 4.95. The first-order chi connectivity index (χ1) is 12.4. The van der Waals surface area contributed by atoms with Crippen LogP contribution in [0.2, 0.25) is 0 Å². The van der Waals surface area contributed by atoms with Gasteiger partial charge in [0, 0.05) is 26.1 Å². The Hall–Kier alpha value is -2.08. The van der Waals surface area contributed by atoms with E-state index in [2.05, 4.69) is 30.0 Å². The molecule has 1 aromatic carbocycles. The highest BCUT2D eigenvalue weighted by atomic mass is 16.5. The van der Waals surface area contributed by atoms with Crippen LogP contribution in [0.25, 0.3) is 0 Å². The van der Waals surface area contributed by atoms with E-state index in [1.807, 2.05) is 6.92 Å². The van der Waals surface area contributed by atoms with E-state index in [9.17, 15) is 9.59 Å². The molecule has 1 heterocycles. The highest BCUT2D eigenvalue weighted by Crippen LogP contribution is 2.20. The molecule has 0 aromatic heterocycles. The zero-order valence-corrected chi connectivity index (χ0v) is 16.0. The molecule has 1 N–H and O–H groups in total. The van der Waals surface area contributed by atoms with Gasteiger partial charge in [-0.2, -0.15) is 0 Å². The minimum absolute atomic E-state index is 0.00790. The Morgan fingerprint density at radius 1 is 1.27 bits per heavy atom. The molecule has 0 bridgehead atoms. The first-order valence-corrected chi connectivity index (χ1v) is 9.28. The zero-order valence-electron chi connectivity index (χ0n) is 16.0. The Balaban J connectivity index is 1.83. The molecule has 6 heteroatoms. The predicted molar refractivity (Wildman–Crippen MR) is 101 cm³/mol. The van der Waals surface area contributed by atoms with Crippen LogP contribution < -0.4 is 4.74 Å². The van der Waals surface area contributed by atoms with E-state index in [0.717, 1.165) is 50.2 Å². The van der Waals surface area contributed by atoms with Crippen molar-refractivity contribution >= 4 is 11.9 Å². The van der Waals surface area contributed by atoms with Gasteiger partial charge in [0.05, 0.1) is 0 Å². The smallest absolute Gasteiger partial charge is 0.323 e. The van der Waals surface area contributed by atoms with E-state index in [-0.39, 0.29) is 18.5 Å². The molecule has 0 radical (unpaired) electrons. The van der Waals surface area contributed by atoms with Crippen molar-refractivity contribution in [3.05, 3.63) is 29.3 Å². The van der Waals surface area contributed by atoms with Gasteiger partial charge in [0.25, 0.3) is 0 Å². The van der Waals surface area contributed by atoms with Crippen LogP contribution in [0.15, 0.2) is 18.2 Å². The first kappa shape index (κ1) is 20.2. The summed E-state index contributed by atoms with van der Waals surface area (Å²) < 4.78 is 5.94. The van der Waals surface area contributed by atoms with Crippen LogP contribution in [-0.4, -0.2) is 65.6 Å². The zero-order chi connectivity index (χ0) is 19.1. The molecule has 1 aromatic rings. The van der Waals surface area contributed by atoms with E-state index >= 15 is 0 Å². The van der Waals surface area contributed by atoms with Gasteiger partial charge in [-0.3, -0.25) is 14.5 Å². The number of nitrogens with zero attached hydrogens (tertiary/aromatic N) is 2. The van der Waals surface area contributed by atoms with Crippen LogP contribution in [0.5, 0.6) is 5.75 Å². The number of rotatable bonds is 7. The maximum atomic E-state index is 11.8. The van der Waals surface area contributed by atoms with Crippen molar-refractivity contribution in [3.8, 4) is 5.75 Å². The molecular formula is C20H30N2O4. The SMILES string of the molecule is CC(=O)N(CC(=O)O)[C@@H]1CCCN(CCOc2cc(C)ccc2C)CC1. The Morgan fingerprint density at radius 2 is 2.04 bits per heavy atom. The Labute approximate surface area is 155 Å². The van der Waals surface area contributed by atoms with Gasteiger partial charge in [-0.05, 0) is 56.8 Å². The number of hydrogen-bond donors (Lipinski definition) is 1. The number of carbonyl (C=O) groups is 2. The molecule has 6 nitrogen and oxygen atoms in total. The van der Waals surface area contributed by atoms with Crippen LogP contribution in [0, 0.1) is 13.8 Å². The summed E-state index contributed by atoms with van der Waals surface area (Å²) in [4.78, 5) is 26.6. The lowest BCUT2D eigenvalue weighted by Gasteiger charge is -2.29. The summed E-state index contributed by atoms with van der Waals surface area (Å²) in [5.41, 5.74) is 2.32. The summed E-state index contributed by atoms with van der Waals surface area (Å²) in [5, 5.41) is 9.03. The average Bonchev–Trinajstić information content (AvgIpc) is 2.81. The number of carboxylic acid groups (broad SMARTS) is 1. The summed E-state index contributed by atoms with van der Waals surface area (Å²) in [7, 11) is 0. The van der Waals surface area contributed by atoms with Crippen LogP contribution in [-0.2, 0) is 9.59 Å². The molecule has 1 amide bonds. The van der Waals surface area contributed by atoms with Crippen LogP contribution >= 0.6 is 0 Å². The minimum Gasteiger partial charge on any atom is -0.492 e. The minimum atomic E-state index is -0.955. The van der Waals surface area contributed by atoms with E-state index in [0.29, 0.717) is 6.61 Å². The number of benzene rings is 1. The lowest BCUT2D eigenvalue weighted by Crippen LogP contribution is -2.42. The number of aryl methyl sites for hydroxylation is 2. The summed E-state index contributed by atoms with van der Waals surface area (Å²) >= 11 is 0. The second-order valence-corrected chi connectivity index (χ2v) is 7.08. The standard InChI is InChI=1S/C20H30N2O4/c1-15-6-7-16(2)19(13-15)26-12-11-21-9-4-5-18(8-10-21)22(17(3)23)14-20(24)25/h6-7,13,18H,4-5,8-12,14H2,1-3H3,(H,24,25)/t18-/m1/s1. The van der Waals surface area contributed by atoms with Crippen LogP contribution in [0.1, 0.15) is 37.3 Å². The Kier molecular flexibility index (Phi) is 7.45. The molecule has 1 aliphatic heterocycles. The number of carboxylic acids is 1.